The predicted octanol–water partition coefficient (Wildman–Crippen LogP) is 4.71. The first kappa shape index (κ1) is 9.55. The molecule has 1 aromatic heterocycles. The lowest BCUT2D eigenvalue weighted by atomic mass is 10.1. The minimum Gasteiger partial charge on any atom is -0.109 e. The van der Waals surface area contributed by atoms with Crippen LogP contribution in [0.5, 0.6) is 0 Å². The third kappa shape index (κ3) is 1.65. The molecule has 1 heterocycles. The average Bonchev–Trinajstić information content (AvgIpc) is 2.56. The van der Waals surface area contributed by atoms with Crippen molar-refractivity contribution in [2.75, 3.05) is 0 Å². The highest BCUT2D eigenvalue weighted by molar-refractivity contribution is 9.11. The summed E-state index contributed by atoms with van der Waals surface area (Å²) in [7, 11) is 0.00136. The Morgan fingerprint density at radius 3 is 2.92 bits per heavy atom. The Morgan fingerprint density at radius 2 is 2.31 bits per heavy atom. The van der Waals surface area contributed by atoms with Gasteiger partial charge in [-0.1, -0.05) is 25.0 Å². The zero-order valence-corrected chi connectivity index (χ0v) is 10.6. The Morgan fingerprint density at radius 1 is 1.54 bits per heavy atom. The number of rotatable bonds is 2. The van der Waals surface area contributed by atoms with Gasteiger partial charge in [0.1, 0.15) is 0 Å². The van der Waals surface area contributed by atoms with E-state index in [9.17, 15) is 0 Å². The van der Waals surface area contributed by atoms with E-state index >= 15 is 0 Å². The zero-order chi connectivity index (χ0) is 9.42. The Kier molecular flexibility index (Phi) is 2.67. The molecule has 2 heteroatoms. The van der Waals surface area contributed by atoms with E-state index in [0.29, 0.717) is 0 Å². The molecule has 70 valence electrons. The summed E-state index contributed by atoms with van der Waals surface area (Å²) < 4.78 is 1.42. The molecule has 2 rings (SSSR count). The first-order chi connectivity index (χ1) is 6.22. The zero-order valence-electron chi connectivity index (χ0n) is 8.10. The van der Waals surface area contributed by atoms with Crippen LogP contribution in [0.1, 0.15) is 30.6 Å². The van der Waals surface area contributed by atoms with Crippen molar-refractivity contribution in [2.24, 2.45) is 6.66 Å². The lowest BCUT2D eigenvalue weighted by molar-refractivity contribution is 0.889. The smallest absolute Gasteiger partial charge is 0.0373 e. The molecule has 0 saturated carbocycles. The van der Waals surface area contributed by atoms with E-state index in [1.54, 1.807) is 10.9 Å². The van der Waals surface area contributed by atoms with Crippen molar-refractivity contribution in [1.82, 2.24) is 0 Å². The maximum Gasteiger partial charge on any atom is 0.0373 e. The highest BCUT2D eigenvalue weighted by Crippen LogP contribution is 2.48. The number of allylic oxidation sites excluding steroid dienone is 1. The molecule has 0 fully saturated rings. The topological polar surface area (TPSA) is 0 Å². The molecule has 0 saturated heterocycles. The molecule has 13 heavy (non-hydrogen) atoms. The minimum atomic E-state index is 0.00136. The third-order valence-corrected chi connectivity index (χ3v) is 6.48. The Labute approximate surface area is 89.2 Å². The van der Waals surface area contributed by atoms with Gasteiger partial charge < -0.3 is 0 Å². The third-order valence-electron chi connectivity index (χ3n) is 2.66. The van der Waals surface area contributed by atoms with Gasteiger partial charge in [-0.15, -0.1) is 7.53 Å². The second-order valence-electron chi connectivity index (χ2n) is 3.66. The molecule has 1 aromatic rings. The minimum absolute atomic E-state index is 0.00136. The molecule has 0 bridgehead atoms. The standard InChI is InChI=1S/C11H14BrP/c1-3-4-8-5-9-7-11(12)13(2)10(9)6-8/h5,7H,3-4,6H2,1-2H3. The van der Waals surface area contributed by atoms with Gasteiger partial charge in [0, 0.05) is 4.20 Å². The summed E-state index contributed by atoms with van der Waals surface area (Å²) in [5.74, 6) is 0. The fourth-order valence-corrected chi connectivity index (χ4v) is 4.38. The fourth-order valence-electron chi connectivity index (χ4n) is 1.94. The molecule has 1 atom stereocenters. The fraction of sp³-hybridized carbons (Fsp3) is 0.455. The van der Waals surface area contributed by atoms with Gasteiger partial charge >= 0.3 is 0 Å². The second-order valence-corrected chi connectivity index (χ2v) is 7.26. The summed E-state index contributed by atoms with van der Waals surface area (Å²) in [6, 6.07) is 2.31. The van der Waals surface area contributed by atoms with Crippen molar-refractivity contribution in [3.05, 3.63) is 26.7 Å². The molecule has 1 aliphatic rings. The van der Waals surface area contributed by atoms with Gasteiger partial charge in [0.15, 0.2) is 0 Å². The van der Waals surface area contributed by atoms with Gasteiger partial charge in [0.25, 0.3) is 0 Å². The highest BCUT2D eigenvalue weighted by Gasteiger charge is 2.17. The Bertz CT molecular complexity index is 360. The molecule has 0 spiro atoms. The molecule has 0 nitrogen and oxygen atoms in total. The number of halogens is 1. The summed E-state index contributed by atoms with van der Waals surface area (Å²) in [4.78, 5) is 0. The molecule has 1 aliphatic carbocycles. The van der Waals surface area contributed by atoms with Crippen LogP contribution in [0, 0.1) is 0 Å². The monoisotopic (exact) mass is 256 g/mol. The van der Waals surface area contributed by atoms with Crippen LogP contribution in [0.2, 0.25) is 0 Å². The number of hydrogen-bond acceptors (Lipinski definition) is 0. The molecule has 0 aliphatic heterocycles. The van der Waals surface area contributed by atoms with Crippen molar-refractivity contribution < 1.29 is 0 Å². The molecule has 0 N–H and O–H groups in total. The quantitative estimate of drug-likeness (QED) is 0.719. The first-order valence-electron chi connectivity index (χ1n) is 4.76. The highest BCUT2D eigenvalue weighted by atomic mass is 79.9. The molecular formula is C11H14BrP. The molecule has 0 amide bonds. The van der Waals surface area contributed by atoms with Gasteiger partial charge in [-0.3, -0.25) is 0 Å². The van der Waals surface area contributed by atoms with Crippen molar-refractivity contribution in [2.45, 2.75) is 26.2 Å². The van der Waals surface area contributed by atoms with E-state index in [4.69, 9.17) is 0 Å². The lowest BCUT2D eigenvalue weighted by Crippen LogP contribution is -1.81. The Balaban J connectivity index is 2.30. The van der Waals surface area contributed by atoms with Crippen LogP contribution in [-0.4, -0.2) is 0 Å². The summed E-state index contributed by atoms with van der Waals surface area (Å²) in [5, 5.41) is 1.69. The van der Waals surface area contributed by atoms with E-state index in [2.05, 4.69) is 41.7 Å². The van der Waals surface area contributed by atoms with Gasteiger partial charge in [-0.25, -0.2) is 0 Å². The normalized spacial score (nSPS) is 15.9. The van der Waals surface area contributed by atoms with Crippen LogP contribution in [-0.2, 0) is 13.1 Å². The van der Waals surface area contributed by atoms with Crippen LogP contribution < -0.4 is 0 Å². The summed E-state index contributed by atoms with van der Waals surface area (Å²) in [5.41, 5.74) is 3.14. The van der Waals surface area contributed by atoms with E-state index < -0.39 is 0 Å². The van der Waals surface area contributed by atoms with Gasteiger partial charge in [0.05, 0.1) is 0 Å². The van der Waals surface area contributed by atoms with Crippen molar-refractivity contribution in [1.29, 1.82) is 0 Å². The van der Waals surface area contributed by atoms with Crippen molar-refractivity contribution in [3.63, 3.8) is 0 Å². The van der Waals surface area contributed by atoms with Crippen molar-refractivity contribution in [3.8, 4) is 0 Å². The second kappa shape index (κ2) is 3.63. The summed E-state index contributed by atoms with van der Waals surface area (Å²) in [6.45, 7) is 4.60. The van der Waals surface area contributed by atoms with Crippen LogP contribution in [0.15, 0.2) is 15.8 Å². The first-order valence-corrected chi connectivity index (χ1v) is 7.34. The van der Waals surface area contributed by atoms with E-state index in [0.717, 1.165) is 0 Å². The summed E-state index contributed by atoms with van der Waals surface area (Å²) >= 11 is 3.64. The molecule has 0 aromatic carbocycles. The summed E-state index contributed by atoms with van der Waals surface area (Å²) in [6.07, 6.45) is 6.20. The number of fused-ring (bicyclic) bond motifs is 1. The molecule has 1 unspecified atom stereocenters. The average molecular weight is 257 g/mol. The van der Waals surface area contributed by atoms with Crippen molar-refractivity contribution >= 4 is 29.5 Å². The van der Waals surface area contributed by atoms with Gasteiger partial charge in [-0.2, -0.15) is 0 Å². The molecular weight excluding hydrogens is 243 g/mol. The van der Waals surface area contributed by atoms with Crippen LogP contribution in [0.4, 0.5) is 0 Å². The lowest BCUT2D eigenvalue weighted by Gasteiger charge is -2.00. The maximum absolute atomic E-state index is 3.64. The predicted molar refractivity (Wildman–Crippen MR) is 64.4 cm³/mol. The largest absolute Gasteiger partial charge is 0.109 e. The van der Waals surface area contributed by atoms with Crippen LogP contribution >= 0.6 is 23.5 Å². The van der Waals surface area contributed by atoms with Crippen LogP contribution in [0.25, 0.3) is 6.08 Å². The van der Waals surface area contributed by atoms with Gasteiger partial charge in [0.2, 0.25) is 0 Å². The number of hydrogen-bond donors (Lipinski definition) is 0. The molecule has 0 radical (unpaired) electrons. The SMILES string of the molecule is CCCC1=Cc2cc(Br)p(C)c2C1. The van der Waals surface area contributed by atoms with E-state index in [-0.39, 0.29) is 7.53 Å². The van der Waals surface area contributed by atoms with E-state index in [1.807, 2.05) is 0 Å². The van der Waals surface area contributed by atoms with Gasteiger partial charge in [-0.05, 0) is 52.4 Å². The maximum atomic E-state index is 3.64. The van der Waals surface area contributed by atoms with Crippen LogP contribution in [0.3, 0.4) is 0 Å². The Hall–Kier alpha value is -0.0000000000000000555. The van der Waals surface area contributed by atoms with E-state index in [1.165, 1.54) is 29.0 Å².